The van der Waals surface area contributed by atoms with Gasteiger partial charge in [-0.1, -0.05) is 18.2 Å². The van der Waals surface area contributed by atoms with Crippen LogP contribution >= 0.6 is 0 Å². The number of Topliss-reactive ketones (excluding diaryl/α,β-unsaturated/α-hetero) is 1. The Hall–Kier alpha value is -2.36. The molecule has 0 atom stereocenters. The van der Waals surface area contributed by atoms with Gasteiger partial charge < -0.3 is 10.4 Å². The normalized spacial score (nSPS) is 15.8. The Balaban J connectivity index is 2.70. The molecule has 1 aliphatic rings. The molecule has 17 heavy (non-hydrogen) atoms. The molecule has 4 nitrogen and oxygen atoms in total. The second-order valence-electron chi connectivity index (χ2n) is 3.67. The minimum atomic E-state index is -1.20. The van der Waals surface area contributed by atoms with Crippen LogP contribution in [-0.4, -0.2) is 16.9 Å². The molecule has 0 amide bonds. The van der Waals surface area contributed by atoms with E-state index in [0.717, 1.165) is 11.3 Å². The van der Waals surface area contributed by atoms with Crippen molar-refractivity contribution in [3.05, 3.63) is 47.7 Å². The number of para-hydroxylation sites is 1. The van der Waals surface area contributed by atoms with Gasteiger partial charge in [0.2, 0.25) is 0 Å². The van der Waals surface area contributed by atoms with Crippen LogP contribution in [0.15, 0.2) is 42.1 Å². The SMILES string of the molecule is CC(=O)/C(C(=O)O)=C1/C=CNc2ccccc21. The third-order valence-electron chi connectivity index (χ3n) is 2.54. The van der Waals surface area contributed by atoms with Crippen molar-refractivity contribution in [3.63, 3.8) is 0 Å². The monoisotopic (exact) mass is 229 g/mol. The highest BCUT2D eigenvalue weighted by Crippen LogP contribution is 2.31. The van der Waals surface area contributed by atoms with Crippen molar-refractivity contribution in [3.8, 4) is 0 Å². The highest BCUT2D eigenvalue weighted by molar-refractivity contribution is 6.23. The van der Waals surface area contributed by atoms with E-state index in [-0.39, 0.29) is 5.57 Å². The highest BCUT2D eigenvalue weighted by Gasteiger charge is 2.21. The summed E-state index contributed by atoms with van der Waals surface area (Å²) >= 11 is 0. The molecule has 0 saturated heterocycles. The number of carbonyl (C=O) groups excluding carboxylic acids is 1. The molecule has 0 spiro atoms. The van der Waals surface area contributed by atoms with Crippen LogP contribution in [0.3, 0.4) is 0 Å². The van der Waals surface area contributed by atoms with Crippen molar-refractivity contribution in [2.75, 3.05) is 5.32 Å². The number of ketones is 1. The smallest absolute Gasteiger partial charge is 0.339 e. The zero-order valence-electron chi connectivity index (χ0n) is 9.23. The average Bonchev–Trinajstić information content (AvgIpc) is 2.28. The number of benzene rings is 1. The number of carboxylic acid groups (broad SMARTS) is 1. The fourth-order valence-corrected chi connectivity index (χ4v) is 1.82. The summed E-state index contributed by atoms with van der Waals surface area (Å²) in [4.78, 5) is 22.5. The summed E-state index contributed by atoms with van der Waals surface area (Å²) in [5.41, 5.74) is 1.78. The molecule has 0 aliphatic carbocycles. The number of hydrogen-bond acceptors (Lipinski definition) is 3. The number of carbonyl (C=O) groups is 2. The molecule has 1 aromatic carbocycles. The Labute approximate surface area is 98.3 Å². The van der Waals surface area contributed by atoms with Gasteiger partial charge in [-0.25, -0.2) is 4.79 Å². The Morgan fingerprint density at radius 3 is 2.59 bits per heavy atom. The maximum Gasteiger partial charge on any atom is 0.339 e. The van der Waals surface area contributed by atoms with E-state index in [0.29, 0.717) is 5.57 Å². The Kier molecular flexibility index (Phi) is 2.78. The van der Waals surface area contributed by atoms with Crippen LogP contribution < -0.4 is 5.32 Å². The molecule has 0 saturated carbocycles. The van der Waals surface area contributed by atoms with Crippen molar-refractivity contribution in [1.29, 1.82) is 0 Å². The van der Waals surface area contributed by atoms with Crippen molar-refractivity contribution in [2.45, 2.75) is 6.92 Å². The number of rotatable bonds is 2. The number of aliphatic carboxylic acids is 1. The minimum Gasteiger partial charge on any atom is -0.478 e. The topological polar surface area (TPSA) is 66.4 Å². The zero-order chi connectivity index (χ0) is 12.4. The molecular weight excluding hydrogens is 218 g/mol. The lowest BCUT2D eigenvalue weighted by atomic mass is 9.94. The summed E-state index contributed by atoms with van der Waals surface area (Å²) in [6.45, 7) is 1.26. The number of fused-ring (bicyclic) bond motifs is 1. The molecule has 2 rings (SSSR count). The van der Waals surface area contributed by atoms with E-state index < -0.39 is 11.8 Å². The number of nitrogens with one attached hydrogen (secondary N) is 1. The molecule has 1 aliphatic heterocycles. The Morgan fingerprint density at radius 2 is 1.94 bits per heavy atom. The Bertz CT molecular complexity index is 540. The van der Waals surface area contributed by atoms with Crippen LogP contribution in [0.25, 0.3) is 5.57 Å². The van der Waals surface area contributed by atoms with Gasteiger partial charge in [-0.2, -0.15) is 0 Å². The molecule has 0 unspecified atom stereocenters. The lowest BCUT2D eigenvalue weighted by Crippen LogP contribution is -2.13. The van der Waals surface area contributed by atoms with Gasteiger partial charge in [-0.3, -0.25) is 4.79 Å². The van der Waals surface area contributed by atoms with E-state index in [9.17, 15) is 9.59 Å². The predicted molar refractivity (Wildman–Crippen MR) is 64.4 cm³/mol. The van der Waals surface area contributed by atoms with E-state index in [2.05, 4.69) is 5.32 Å². The van der Waals surface area contributed by atoms with Gasteiger partial charge in [0.1, 0.15) is 5.57 Å². The van der Waals surface area contributed by atoms with Crippen LogP contribution in [0.5, 0.6) is 0 Å². The van der Waals surface area contributed by atoms with Gasteiger partial charge in [-0.05, 0) is 19.1 Å². The summed E-state index contributed by atoms with van der Waals surface area (Å²) in [6.07, 6.45) is 3.23. The van der Waals surface area contributed by atoms with Crippen LogP contribution in [0.1, 0.15) is 12.5 Å². The fourth-order valence-electron chi connectivity index (χ4n) is 1.82. The first-order valence-corrected chi connectivity index (χ1v) is 5.12. The van der Waals surface area contributed by atoms with Gasteiger partial charge in [0.05, 0.1) is 0 Å². The highest BCUT2D eigenvalue weighted by atomic mass is 16.4. The van der Waals surface area contributed by atoms with Crippen molar-refractivity contribution in [1.82, 2.24) is 0 Å². The summed E-state index contributed by atoms with van der Waals surface area (Å²) < 4.78 is 0. The van der Waals surface area contributed by atoms with Gasteiger partial charge in [0, 0.05) is 23.0 Å². The van der Waals surface area contributed by atoms with Crippen LogP contribution in [0.2, 0.25) is 0 Å². The van der Waals surface area contributed by atoms with E-state index in [1.165, 1.54) is 6.92 Å². The van der Waals surface area contributed by atoms with E-state index >= 15 is 0 Å². The zero-order valence-corrected chi connectivity index (χ0v) is 9.23. The second kappa shape index (κ2) is 4.25. The number of hydrogen-bond donors (Lipinski definition) is 2. The number of allylic oxidation sites excluding steroid dienone is 2. The van der Waals surface area contributed by atoms with E-state index in [1.807, 2.05) is 12.1 Å². The third kappa shape index (κ3) is 1.97. The average molecular weight is 229 g/mol. The number of anilines is 1. The number of carboxylic acids is 1. The molecule has 1 heterocycles. The first-order chi connectivity index (χ1) is 8.11. The lowest BCUT2D eigenvalue weighted by Gasteiger charge is -2.16. The third-order valence-corrected chi connectivity index (χ3v) is 2.54. The molecule has 4 heteroatoms. The summed E-state index contributed by atoms with van der Waals surface area (Å²) in [6, 6.07) is 7.27. The summed E-state index contributed by atoms with van der Waals surface area (Å²) in [7, 11) is 0. The molecular formula is C13H11NO3. The molecule has 2 N–H and O–H groups in total. The molecule has 1 aromatic rings. The largest absolute Gasteiger partial charge is 0.478 e. The van der Waals surface area contributed by atoms with Crippen molar-refractivity contribution < 1.29 is 14.7 Å². The molecule has 0 aromatic heterocycles. The summed E-state index contributed by atoms with van der Waals surface area (Å²) in [5.74, 6) is -1.65. The van der Waals surface area contributed by atoms with Crippen LogP contribution in [0, 0.1) is 0 Å². The van der Waals surface area contributed by atoms with Gasteiger partial charge in [-0.15, -0.1) is 0 Å². The molecule has 0 bridgehead atoms. The van der Waals surface area contributed by atoms with Crippen LogP contribution in [-0.2, 0) is 9.59 Å². The van der Waals surface area contributed by atoms with Crippen LogP contribution in [0.4, 0.5) is 5.69 Å². The van der Waals surface area contributed by atoms with Gasteiger partial charge >= 0.3 is 5.97 Å². The minimum absolute atomic E-state index is 0.185. The molecule has 86 valence electrons. The first kappa shape index (κ1) is 11.1. The second-order valence-corrected chi connectivity index (χ2v) is 3.67. The van der Waals surface area contributed by atoms with Gasteiger partial charge in [0.25, 0.3) is 0 Å². The standard InChI is InChI=1S/C13H11NO3/c1-8(15)12(13(16)17)10-6-7-14-11-5-3-2-4-9(10)11/h2-7,14H,1H3,(H,16,17)/b12-10+. The van der Waals surface area contributed by atoms with Crippen molar-refractivity contribution >= 4 is 23.0 Å². The maximum atomic E-state index is 11.4. The van der Waals surface area contributed by atoms with E-state index in [4.69, 9.17) is 5.11 Å². The quantitative estimate of drug-likeness (QED) is 0.462. The first-order valence-electron chi connectivity index (χ1n) is 5.12. The molecule has 0 fully saturated rings. The maximum absolute atomic E-state index is 11.4. The van der Waals surface area contributed by atoms with Gasteiger partial charge in [0.15, 0.2) is 5.78 Å². The van der Waals surface area contributed by atoms with E-state index in [1.54, 1.807) is 24.4 Å². The fraction of sp³-hybridized carbons (Fsp3) is 0.0769. The summed E-state index contributed by atoms with van der Waals surface area (Å²) in [5, 5.41) is 12.1. The Morgan fingerprint density at radius 1 is 1.24 bits per heavy atom. The predicted octanol–water partition coefficient (Wildman–Crippen LogP) is 2.05. The van der Waals surface area contributed by atoms with Crippen molar-refractivity contribution in [2.24, 2.45) is 0 Å². The lowest BCUT2D eigenvalue weighted by molar-refractivity contribution is -0.134. The molecule has 0 radical (unpaired) electrons.